The summed E-state index contributed by atoms with van der Waals surface area (Å²) in [6, 6.07) is 5.81. The van der Waals surface area contributed by atoms with E-state index < -0.39 is 0 Å². The Hall–Kier alpha value is -2.32. The fraction of sp³-hybridized carbons (Fsp3) is 0.429. The Labute approximate surface area is 179 Å². The number of benzene rings is 1. The van der Waals surface area contributed by atoms with Crippen LogP contribution in [-0.2, 0) is 17.6 Å². The van der Waals surface area contributed by atoms with Crippen molar-refractivity contribution in [3.05, 3.63) is 39.8 Å². The zero-order chi connectivity index (χ0) is 20.4. The van der Waals surface area contributed by atoms with E-state index in [0.29, 0.717) is 17.3 Å². The molecule has 2 aliphatic rings. The van der Waals surface area contributed by atoms with Crippen molar-refractivity contribution in [2.75, 3.05) is 18.7 Å². The van der Waals surface area contributed by atoms with Gasteiger partial charge in [0.2, 0.25) is 6.79 Å². The van der Waals surface area contributed by atoms with Gasteiger partial charge in [0.15, 0.2) is 16.6 Å². The van der Waals surface area contributed by atoms with E-state index in [1.165, 1.54) is 4.88 Å². The van der Waals surface area contributed by atoms with Crippen LogP contribution >= 0.6 is 23.6 Å². The predicted molar refractivity (Wildman–Crippen MR) is 117 cm³/mol. The van der Waals surface area contributed by atoms with Gasteiger partial charge in [-0.2, -0.15) is 0 Å². The Morgan fingerprint density at radius 3 is 2.90 bits per heavy atom. The zero-order valence-corrected chi connectivity index (χ0v) is 18.1. The van der Waals surface area contributed by atoms with E-state index >= 15 is 0 Å². The lowest BCUT2D eigenvalue weighted by Gasteiger charge is -2.18. The van der Waals surface area contributed by atoms with Crippen LogP contribution in [0.2, 0.25) is 0 Å². The Bertz CT molecular complexity index is 941. The second-order valence-corrected chi connectivity index (χ2v) is 8.58. The molecule has 6 nitrogen and oxygen atoms in total. The van der Waals surface area contributed by atoms with Gasteiger partial charge >= 0.3 is 5.97 Å². The highest BCUT2D eigenvalue weighted by Crippen LogP contribution is 2.39. The van der Waals surface area contributed by atoms with E-state index in [-0.39, 0.29) is 18.8 Å². The first-order chi connectivity index (χ1) is 14.1. The summed E-state index contributed by atoms with van der Waals surface area (Å²) in [6.45, 7) is 4.45. The summed E-state index contributed by atoms with van der Waals surface area (Å²) in [4.78, 5) is 13.8. The molecule has 0 spiro atoms. The number of esters is 1. The molecule has 1 aliphatic heterocycles. The summed E-state index contributed by atoms with van der Waals surface area (Å²) in [5.41, 5.74) is 2.80. The van der Waals surface area contributed by atoms with Crippen LogP contribution in [0.1, 0.15) is 59.1 Å². The third-order valence-corrected chi connectivity index (χ3v) is 6.55. The Kier molecular flexibility index (Phi) is 5.91. The Morgan fingerprint density at radius 1 is 1.28 bits per heavy atom. The molecule has 2 aromatic rings. The van der Waals surface area contributed by atoms with Crippen molar-refractivity contribution in [1.29, 1.82) is 0 Å². The molecule has 0 saturated heterocycles. The summed E-state index contributed by atoms with van der Waals surface area (Å²) in [5.74, 6) is 1.22. The SMILES string of the molecule is CCOC(=O)c1c(NC(=S)NC(C)c2ccc3c(c2)OCO3)sc2c1CCCC2. The van der Waals surface area contributed by atoms with Crippen LogP contribution in [0.4, 0.5) is 5.00 Å². The number of carbonyl (C=O) groups is 1. The van der Waals surface area contributed by atoms with Gasteiger partial charge in [-0.05, 0) is 75.0 Å². The number of anilines is 1. The highest BCUT2D eigenvalue weighted by Gasteiger charge is 2.27. The molecule has 2 heterocycles. The van der Waals surface area contributed by atoms with Crippen molar-refractivity contribution < 1.29 is 19.0 Å². The number of thiophene rings is 1. The molecule has 8 heteroatoms. The number of fused-ring (bicyclic) bond motifs is 2. The number of aryl methyl sites for hydroxylation is 1. The van der Waals surface area contributed by atoms with Gasteiger partial charge in [0.25, 0.3) is 0 Å². The molecular weight excluding hydrogens is 408 g/mol. The molecule has 4 rings (SSSR count). The quantitative estimate of drug-likeness (QED) is 0.529. The minimum Gasteiger partial charge on any atom is -0.462 e. The van der Waals surface area contributed by atoms with Crippen molar-refractivity contribution in [2.45, 2.75) is 45.6 Å². The molecule has 0 saturated carbocycles. The molecule has 29 heavy (non-hydrogen) atoms. The number of nitrogens with one attached hydrogen (secondary N) is 2. The average Bonchev–Trinajstić information content (AvgIpc) is 3.31. The fourth-order valence-electron chi connectivity index (χ4n) is 3.67. The van der Waals surface area contributed by atoms with Crippen LogP contribution in [-0.4, -0.2) is 24.5 Å². The monoisotopic (exact) mass is 432 g/mol. The van der Waals surface area contributed by atoms with E-state index in [4.69, 9.17) is 26.4 Å². The Balaban J connectivity index is 1.49. The molecule has 1 aromatic carbocycles. The topological polar surface area (TPSA) is 68.8 Å². The van der Waals surface area contributed by atoms with Gasteiger partial charge in [0, 0.05) is 4.88 Å². The zero-order valence-electron chi connectivity index (χ0n) is 16.5. The third-order valence-electron chi connectivity index (χ3n) is 5.12. The van der Waals surface area contributed by atoms with Crippen LogP contribution in [0, 0.1) is 0 Å². The number of thiocarbonyl (C=S) groups is 1. The van der Waals surface area contributed by atoms with Gasteiger partial charge in [-0.15, -0.1) is 11.3 Å². The smallest absolute Gasteiger partial charge is 0.341 e. The number of ether oxygens (including phenoxy) is 3. The first-order valence-corrected chi connectivity index (χ1v) is 11.1. The molecule has 0 bridgehead atoms. The lowest BCUT2D eigenvalue weighted by Crippen LogP contribution is -2.31. The lowest BCUT2D eigenvalue weighted by molar-refractivity contribution is 0.0526. The predicted octanol–water partition coefficient (Wildman–Crippen LogP) is 4.58. The molecule has 1 aromatic heterocycles. The average molecular weight is 433 g/mol. The minimum atomic E-state index is -0.277. The molecule has 1 atom stereocenters. The second kappa shape index (κ2) is 8.59. The summed E-state index contributed by atoms with van der Waals surface area (Å²) >= 11 is 7.15. The van der Waals surface area contributed by atoms with Crippen LogP contribution in [0.15, 0.2) is 18.2 Å². The van der Waals surface area contributed by atoms with Crippen molar-refractivity contribution in [3.63, 3.8) is 0 Å². The molecule has 0 fully saturated rings. The summed E-state index contributed by atoms with van der Waals surface area (Å²) in [6.07, 6.45) is 4.16. The molecule has 1 unspecified atom stereocenters. The number of hydrogen-bond donors (Lipinski definition) is 2. The van der Waals surface area contributed by atoms with Crippen LogP contribution in [0.25, 0.3) is 0 Å². The first kappa shape index (κ1) is 20.0. The van der Waals surface area contributed by atoms with E-state index in [1.54, 1.807) is 11.3 Å². The first-order valence-electron chi connectivity index (χ1n) is 9.85. The number of hydrogen-bond acceptors (Lipinski definition) is 6. The lowest BCUT2D eigenvalue weighted by atomic mass is 9.95. The second-order valence-electron chi connectivity index (χ2n) is 7.07. The molecule has 1 aliphatic carbocycles. The van der Waals surface area contributed by atoms with Crippen LogP contribution in [0.3, 0.4) is 0 Å². The maximum Gasteiger partial charge on any atom is 0.341 e. The Morgan fingerprint density at radius 2 is 2.07 bits per heavy atom. The largest absolute Gasteiger partial charge is 0.462 e. The molecule has 0 amide bonds. The highest BCUT2D eigenvalue weighted by molar-refractivity contribution is 7.80. The normalized spacial score (nSPS) is 15.4. The van der Waals surface area contributed by atoms with E-state index in [0.717, 1.165) is 53.3 Å². The van der Waals surface area contributed by atoms with Gasteiger partial charge in [0.1, 0.15) is 5.00 Å². The number of rotatable bonds is 5. The fourth-order valence-corrected chi connectivity index (χ4v) is 5.30. The van der Waals surface area contributed by atoms with Gasteiger partial charge in [-0.25, -0.2) is 4.79 Å². The summed E-state index contributed by atoms with van der Waals surface area (Å²) < 4.78 is 16.1. The van der Waals surface area contributed by atoms with Crippen molar-refractivity contribution in [2.24, 2.45) is 0 Å². The molecule has 0 radical (unpaired) electrons. The van der Waals surface area contributed by atoms with Crippen molar-refractivity contribution >= 4 is 39.6 Å². The van der Waals surface area contributed by atoms with Gasteiger partial charge in [0.05, 0.1) is 18.2 Å². The molecule has 2 N–H and O–H groups in total. The summed E-state index contributed by atoms with van der Waals surface area (Å²) in [7, 11) is 0. The standard InChI is InChI=1S/C21H24N2O4S2/c1-3-25-20(24)18-14-6-4-5-7-17(14)29-19(18)23-21(28)22-12(2)13-8-9-15-16(10-13)27-11-26-15/h8-10,12H,3-7,11H2,1-2H3,(H2,22,23,28). The van der Waals surface area contributed by atoms with E-state index in [9.17, 15) is 4.79 Å². The van der Waals surface area contributed by atoms with Crippen molar-refractivity contribution in [3.8, 4) is 11.5 Å². The van der Waals surface area contributed by atoms with E-state index in [1.807, 2.05) is 32.0 Å². The van der Waals surface area contributed by atoms with Gasteiger partial charge in [-0.1, -0.05) is 6.07 Å². The minimum absolute atomic E-state index is 0.0369. The molecule has 154 valence electrons. The maximum atomic E-state index is 12.6. The van der Waals surface area contributed by atoms with Gasteiger partial charge < -0.3 is 24.8 Å². The van der Waals surface area contributed by atoms with Crippen molar-refractivity contribution in [1.82, 2.24) is 5.32 Å². The third kappa shape index (κ3) is 4.18. The van der Waals surface area contributed by atoms with E-state index in [2.05, 4.69) is 10.6 Å². The maximum absolute atomic E-state index is 12.6. The number of carbonyl (C=O) groups excluding carboxylic acids is 1. The summed E-state index contributed by atoms with van der Waals surface area (Å²) in [5, 5.41) is 7.78. The van der Waals surface area contributed by atoms with Gasteiger partial charge in [-0.3, -0.25) is 0 Å². The highest BCUT2D eigenvalue weighted by atomic mass is 32.1. The van der Waals surface area contributed by atoms with Crippen LogP contribution in [0.5, 0.6) is 11.5 Å². The molecular formula is C21H24N2O4S2. The van der Waals surface area contributed by atoms with Crippen LogP contribution < -0.4 is 20.1 Å².